The van der Waals surface area contributed by atoms with E-state index in [0.717, 1.165) is 22.3 Å². The van der Waals surface area contributed by atoms with Crippen molar-refractivity contribution in [3.05, 3.63) is 83.1 Å². The molecule has 30 heavy (non-hydrogen) atoms. The van der Waals surface area contributed by atoms with Crippen LogP contribution in [0.3, 0.4) is 0 Å². The van der Waals surface area contributed by atoms with Gasteiger partial charge in [-0.15, -0.1) is 0 Å². The van der Waals surface area contributed by atoms with E-state index < -0.39 is 11.9 Å². The van der Waals surface area contributed by atoms with E-state index in [0.29, 0.717) is 23.5 Å². The fourth-order valence-corrected chi connectivity index (χ4v) is 2.78. The van der Waals surface area contributed by atoms with Gasteiger partial charge in [0.05, 0.1) is 0 Å². The monoisotopic (exact) mass is 410 g/mol. The Morgan fingerprint density at radius 1 is 0.967 bits per heavy atom. The second-order valence-electron chi connectivity index (χ2n) is 6.95. The van der Waals surface area contributed by atoms with E-state index in [1.165, 1.54) is 0 Å². The van der Waals surface area contributed by atoms with Gasteiger partial charge >= 0.3 is 11.9 Å². The van der Waals surface area contributed by atoms with Gasteiger partial charge in [0, 0.05) is 12.2 Å². The lowest BCUT2D eigenvalue weighted by Crippen LogP contribution is -2.15. The highest BCUT2D eigenvalue weighted by Crippen LogP contribution is 2.27. The summed E-state index contributed by atoms with van der Waals surface area (Å²) in [5.74, 6) is -0.491. The van der Waals surface area contributed by atoms with Crippen LogP contribution in [0.15, 0.2) is 60.9 Å². The lowest BCUT2D eigenvalue weighted by molar-refractivity contribution is -0.140. The van der Waals surface area contributed by atoms with Crippen LogP contribution in [-0.2, 0) is 27.4 Å². The normalized spacial score (nSPS) is 10.3. The van der Waals surface area contributed by atoms with Crippen molar-refractivity contribution in [1.29, 1.82) is 0 Å². The van der Waals surface area contributed by atoms with Crippen LogP contribution in [0.25, 0.3) is 0 Å². The summed E-state index contributed by atoms with van der Waals surface area (Å²) in [6, 6.07) is 10.5. The quantitative estimate of drug-likeness (QED) is 0.292. The van der Waals surface area contributed by atoms with Crippen LogP contribution in [0.4, 0.5) is 0 Å². The lowest BCUT2D eigenvalue weighted by atomic mass is 10.1. The van der Waals surface area contributed by atoms with Gasteiger partial charge in [0.1, 0.15) is 18.1 Å². The van der Waals surface area contributed by atoms with Crippen molar-refractivity contribution in [1.82, 2.24) is 0 Å². The number of carbonyl (C=O) groups excluding carboxylic acids is 2. The van der Waals surface area contributed by atoms with E-state index in [-0.39, 0.29) is 19.0 Å². The molecule has 0 spiro atoms. The van der Waals surface area contributed by atoms with Gasteiger partial charge in [-0.05, 0) is 80.3 Å². The van der Waals surface area contributed by atoms with E-state index in [1.807, 2.05) is 32.0 Å². The van der Waals surface area contributed by atoms with Crippen LogP contribution in [0.2, 0.25) is 0 Å². The number of carbonyl (C=O) groups is 2. The molecule has 0 atom stereocenters. The van der Waals surface area contributed by atoms with Crippen molar-refractivity contribution in [2.75, 3.05) is 6.61 Å². The molecule has 0 fully saturated rings. The summed E-state index contributed by atoms with van der Waals surface area (Å²) in [5.41, 5.74) is 3.50. The third-order valence-corrected chi connectivity index (χ3v) is 4.20. The molecule has 0 aliphatic carbocycles. The summed E-state index contributed by atoms with van der Waals surface area (Å²) in [6.45, 7) is 12.6. The number of rotatable bonds is 9. The highest BCUT2D eigenvalue weighted by molar-refractivity contribution is 5.88. The molecule has 0 amide bonds. The van der Waals surface area contributed by atoms with Crippen LogP contribution in [-0.4, -0.2) is 23.7 Å². The molecule has 0 radical (unpaired) electrons. The maximum absolute atomic E-state index is 12.4. The van der Waals surface area contributed by atoms with E-state index in [2.05, 4.69) is 13.2 Å². The number of aliphatic hydroxyl groups is 1. The summed E-state index contributed by atoms with van der Waals surface area (Å²) < 4.78 is 16.2. The van der Waals surface area contributed by atoms with Gasteiger partial charge < -0.3 is 19.3 Å². The van der Waals surface area contributed by atoms with Crippen molar-refractivity contribution in [2.24, 2.45) is 0 Å². The first-order valence-electron chi connectivity index (χ1n) is 9.42. The molecule has 158 valence electrons. The maximum Gasteiger partial charge on any atom is 0.379 e. The summed E-state index contributed by atoms with van der Waals surface area (Å²) in [7, 11) is 0. The number of hydrogen-bond donors (Lipinski definition) is 1. The lowest BCUT2D eigenvalue weighted by Gasteiger charge is -2.15. The highest BCUT2D eigenvalue weighted by Gasteiger charge is 2.16. The molecule has 6 heteroatoms. The molecule has 0 heterocycles. The molecular formula is C24H26O6. The third kappa shape index (κ3) is 6.32. The number of ether oxygens (including phenoxy) is 3. The second-order valence-corrected chi connectivity index (χ2v) is 6.95. The zero-order valence-corrected chi connectivity index (χ0v) is 17.5. The number of aliphatic hydroxyl groups excluding tert-OH is 1. The van der Waals surface area contributed by atoms with Gasteiger partial charge in [-0.25, -0.2) is 9.59 Å². The fourth-order valence-electron chi connectivity index (χ4n) is 2.78. The summed E-state index contributed by atoms with van der Waals surface area (Å²) in [5, 5.41) is 9.03. The van der Waals surface area contributed by atoms with E-state index >= 15 is 0 Å². The van der Waals surface area contributed by atoms with Gasteiger partial charge in [0.15, 0.2) is 0 Å². The van der Waals surface area contributed by atoms with Gasteiger partial charge in [-0.3, -0.25) is 0 Å². The minimum absolute atomic E-state index is 0.00810. The predicted octanol–water partition coefficient (Wildman–Crippen LogP) is 3.96. The first kappa shape index (κ1) is 22.9. The molecule has 0 bridgehead atoms. The van der Waals surface area contributed by atoms with Crippen LogP contribution >= 0.6 is 0 Å². The first-order valence-corrected chi connectivity index (χ1v) is 9.42. The molecule has 0 aliphatic heterocycles. The highest BCUT2D eigenvalue weighted by atomic mass is 16.6. The van der Waals surface area contributed by atoms with Crippen LogP contribution in [0, 0.1) is 13.8 Å². The molecule has 2 aromatic rings. The Labute approximate surface area is 176 Å². The summed E-state index contributed by atoms with van der Waals surface area (Å²) >= 11 is 0. The number of aryl methyl sites for hydroxylation is 2. The minimum Gasteiger partial charge on any atom is -0.457 e. The average Bonchev–Trinajstić information content (AvgIpc) is 2.69. The van der Waals surface area contributed by atoms with Crippen molar-refractivity contribution in [2.45, 2.75) is 33.8 Å². The number of benzene rings is 2. The molecule has 1 N–H and O–H groups in total. The third-order valence-electron chi connectivity index (χ3n) is 4.20. The first-order chi connectivity index (χ1) is 14.2. The topological polar surface area (TPSA) is 82.1 Å². The van der Waals surface area contributed by atoms with Gasteiger partial charge in [0.25, 0.3) is 0 Å². The Bertz CT molecular complexity index is 950. The number of esters is 2. The second kappa shape index (κ2) is 10.4. The van der Waals surface area contributed by atoms with Crippen molar-refractivity contribution < 1.29 is 28.9 Å². The summed E-state index contributed by atoms with van der Waals surface area (Å²) in [6.07, 6.45) is 0.468. The van der Waals surface area contributed by atoms with Gasteiger partial charge in [-0.1, -0.05) is 18.7 Å². The van der Waals surface area contributed by atoms with Crippen LogP contribution in [0.1, 0.15) is 29.2 Å². The SMILES string of the molecule is C=C(C)C(=O)OCc1cc(C)c(OC(=C)C(=O)Oc2cccc(CCO)c2)c(C)c1. The van der Waals surface area contributed by atoms with Crippen molar-refractivity contribution in [3.63, 3.8) is 0 Å². The van der Waals surface area contributed by atoms with Gasteiger partial charge in [-0.2, -0.15) is 0 Å². The standard InChI is InChI=1S/C24H26O6/c1-15(2)23(26)28-14-20-11-16(3)22(17(4)12-20)29-18(5)24(27)30-21-8-6-7-19(13-21)9-10-25/h6-8,11-13,25H,1,5,9-10,14H2,2-4H3. The molecule has 0 saturated carbocycles. The molecule has 0 aliphatic rings. The zero-order valence-electron chi connectivity index (χ0n) is 17.5. The Hall–Kier alpha value is -3.38. The molecular weight excluding hydrogens is 384 g/mol. The van der Waals surface area contributed by atoms with Crippen molar-refractivity contribution in [3.8, 4) is 11.5 Å². The predicted molar refractivity (Wildman–Crippen MR) is 113 cm³/mol. The Kier molecular flexibility index (Phi) is 7.95. The zero-order chi connectivity index (χ0) is 22.3. The Balaban J connectivity index is 2.05. The average molecular weight is 410 g/mol. The Morgan fingerprint density at radius 3 is 2.23 bits per heavy atom. The van der Waals surface area contributed by atoms with Crippen molar-refractivity contribution >= 4 is 11.9 Å². The Morgan fingerprint density at radius 2 is 1.63 bits per heavy atom. The molecule has 6 nitrogen and oxygen atoms in total. The van der Waals surface area contributed by atoms with E-state index in [1.54, 1.807) is 25.1 Å². The molecule has 2 rings (SSSR count). The molecule has 2 aromatic carbocycles. The molecule has 0 unspecified atom stereocenters. The molecule has 0 aromatic heterocycles. The van der Waals surface area contributed by atoms with E-state index in [9.17, 15) is 9.59 Å². The fraction of sp³-hybridized carbons (Fsp3) is 0.250. The number of hydrogen-bond acceptors (Lipinski definition) is 6. The largest absolute Gasteiger partial charge is 0.457 e. The molecule has 0 saturated heterocycles. The van der Waals surface area contributed by atoms with E-state index in [4.69, 9.17) is 19.3 Å². The minimum atomic E-state index is -0.714. The maximum atomic E-state index is 12.4. The van der Waals surface area contributed by atoms with Crippen LogP contribution in [0.5, 0.6) is 11.5 Å². The van der Waals surface area contributed by atoms with Gasteiger partial charge in [0.2, 0.25) is 5.76 Å². The summed E-state index contributed by atoms with van der Waals surface area (Å²) in [4.78, 5) is 23.9. The van der Waals surface area contributed by atoms with Crippen LogP contribution < -0.4 is 9.47 Å². The smallest absolute Gasteiger partial charge is 0.379 e.